The zero-order valence-corrected chi connectivity index (χ0v) is 12.0. The van der Waals surface area contributed by atoms with E-state index in [0.29, 0.717) is 10.4 Å². The van der Waals surface area contributed by atoms with Gasteiger partial charge in [-0.25, -0.2) is 4.79 Å². The number of aliphatic hydroxyl groups is 1. The highest BCUT2D eigenvalue weighted by molar-refractivity contribution is 9.10. The maximum atomic E-state index is 11.1. The SMILES string of the molecule is CC(O)(c1cccc(Br)c1)c1sccc1C(=O)O. The lowest BCUT2D eigenvalue weighted by Crippen LogP contribution is -2.23. The van der Waals surface area contributed by atoms with Crippen molar-refractivity contribution in [1.82, 2.24) is 0 Å². The Morgan fingerprint density at radius 2 is 2.11 bits per heavy atom. The van der Waals surface area contributed by atoms with E-state index in [1.165, 1.54) is 17.4 Å². The Kier molecular flexibility index (Phi) is 3.56. The molecule has 1 atom stereocenters. The first-order chi connectivity index (χ1) is 8.43. The minimum Gasteiger partial charge on any atom is -0.478 e. The fourth-order valence-electron chi connectivity index (χ4n) is 1.78. The van der Waals surface area contributed by atoms with E-state index < -0.39 is 11.6 Å². The van der Waals surface area contributed by atoms with E-state index in [-0.39, 0.29) is 5.56 Å². The van der Waals surface area contributed by atoms with E-state index in [4.69, 9.17) is 5.11 Å². The third-order valence-electron chi connectivity index (χ3n) is 2.72. The fraction of sp³-hybridized carbons (Fsp3) is 0.154. The van der Waals surface area contributed by atoms with Gasteiger partial charge in [0.1, 0.15) is 5.60 Å². The van der Waals surface area contributed by atoms with Crippen LogP contribution in [0.1, 0.15) is 27.7 Å². The van der Waals surface area contributed by atoms with Crippen molar-refractivity contribution in [2.75, 3.05) is 0 Å². The predicted molar refractivity (Wildman–Crippen MR) is 74.1 cm³/mol. The average molecular weight is 327 g/mol. The Bertz CT molecular complexity index is 589. The lowest BCUT2D eigenvalue weighted by molar-refractivity contribution is 0.0674. The summed E-state index contributed by atoms with van der Waals surface area (Å²) in [7, 11) is 0. The highest BCUT2D eigenvalue weighted by atomic mass is 79.9. The van der Waals surface area contributed by atoms with Crippen LogP contribution in [0.3, 0.4) is 0 Å². The number of halogens is 1. The lowest BCUT2D eigenvalue weighted by Gasteiger charge is -2.23. The van der Waals surface area contributed by atoms with Gasteiger partial charge in [0.05, 0.1) is 10.4 Å². The highest BCUT2D eigenvalue weighted by Gasteiger charge is 2.31. The number of hydrogen-bond donors (Lipinski definition) is 2. The van der Waals surface area contributed by atoms with Crippen molar-refractivity contribution in [1.29, 1.82) is 0 Å². The monoisotopic (exact) mass is 326 g/mol. The summed E-state index contributed by atoms with van der Waals surface area (Å²) in [5, 5.41) is 21.4. The quantitative estimate of drug-likeness (QED) is 0.908. The molecular formula is C13H11BrO3S. The van der Waals surface area contributed by atoms with Gasteiger partial charge in [-0.15, -0.1) is 11.3 Å². The topological polar surface area (TPSA) is 57.5 Å². The number of aromatic carboxylic acids is 1. The molecule has 1 aromatic heterocycles. The Labute approximate surface area is 117 Å². The van der Waals surface area contributed by atoms with Crippen LogP contribution in [0.4, 0.5) is 0 Å². The minimum atomic E-state index is -1.31. The maximum Gasteiger partial charge on any atom is 0.336 e. The van der Waals surface area contributed by atoms with Crippen LogP contribution in [-0.4, -0.2) is 16.2 Å². The van der Waals surface area contributed by atoms with Gasteiger partial charge in [0.2, 0.25) is 0 Å². The normalized spacial score (nSPS) is 14.2. The second kappa shape index (κ2) is 4.84. The van der Waals surface area contributed by atoms with Crippen LogP contribution < -0.4 is 0 Å². The number of carboxylic acids is 1. The van der Waals surface area contributed by atoms with Gasteiger partial charge in [0.25, 0.3) is 0 Å². The highest BCUT2D eigenvalue weighted by Crippen LogP contribution is 2.36. The first-order valence-corrected chi connectivity index (χ1v) is 6.90. The van der Waals surface area contributed by atoms with Gasteiger partial charge in [-0.3, -0.25) is 0 Å². The average Bonchev–Trinajstić information content (AvgIpc) is 2.78. The predicted octanol–water partition coefficient (Wildman–Crippen LogP) is 3.46. The van der Waals surface area contributed by atoms with E-state index >= 15 is 0 Å². The number of rotatable bonds is 3. The van der Waals surface area contributed by atoms with Crippen molar-refractivity contribution in [3.8, 4) is 0 Å². The minimum absolute atomic E-state index is 0.143. The molecule has 5 heteroatoms. The van der Waals surface area contributed by atoms with Gasteiger partial charge < -0.3 is 10.2 Å². The second-order valence-electron chi connectivity index (χ2n) is 4.05. The molecule has 0 spiro atoms. The Balaban J connectivity index is 2.54. The zero-order valence-electron chi connectivity index (χ0n) is 9.55. The van der Waals surface area contributed by atoms with E-state index in [9.17, 15) is 9.90 Å². The van der Waals surface area contributed by atoms with Gasteiger partial charge >= 0.3 is 5.97 Å². The number of carbonyl (C=O) groups is 1. The number of thiophene rings is 1. The first kappa shape index (κ1) is 13.3. The van der Waals surface area contributed by atoms with Gasteiger partial charge in [-0.05, 0) is 36.1 Å². The van der Waals surface area contributed by atoms with Crippen LogP contribution in [0.2, 0.25) is 0 Å². The third kappa shape index (κ3) is 2.34. The van der Waals surface area contributed by atoms with Crippen LogP contribution in [0.15, 0.2) is 40.2 Å². The van der Waals surface area contributed by atoms with E-state index in [1.54, 1.807) is 24.4 Å². The molecule has 0 radical (unpaired) electrons. The number of benzene rings is 1. The van der Waals surface area contributed by atoms with E-state index in [0.717, 1.165) is 4.47 Å². The molecule has 0 bridgehead atoms. The van der Waals surface area contributed by atoms with Crippen LogP contribution >= 0.6 is 27.3 Å². The van der Waals surface area contributed by atoms with Crippen molar-refractivity contribution < 1.29 is 15.0 Å². The van der Waals surface area contributed by atoms with Crippen molar-refractivity contribution in [3.05, 3.63) is 56.2 Å². The molecule has 0 amide bonds. The number of carboxylic acid groups (broad SMARTS) is 1. The smallest absolute Gasteiger partial charge is 0.336 e. The molecule has 3 nitrogen and oxygen atoms in total. The van der Waals surface area contributed by atoms with Gasteiger partial charge in [-0.1, -0.05) is 28.1 Å². The van der Waals surface area contributed by atoms with E-state index in [2.05, 4.69) is 15.9 Å². The van der Waals surface area contributed by atoms with Gasteiger partial charge in [0, 0.05) is 4.47 Å². The van der Waals surface area contributed by atoms with Crippen molar-refractivity contribution in [3.63, 3.8) is 0 Å². The van der Waals surface area contributed by atoms with E-state index in [1.807, 2.05) is 12.1 Å². The molecule has 1 aromatic carbocycles. The van der Waals surface area contributed by atoms with Crippen LogP contribution in [0.5, 0.6) is 0 Å². The summed E-state index contributed by atoms with van der Waals surface area (Å²) in [6.07, 6.45) is 0. The molecule has 1 heterocycles. The molecule has 1 unspecified atom stereocenters. The molecular weight excluding hydrogens is 316 g/mol. The van der Waals surface area contributed by atoms with Crippen molar-refractivity contribution in [2.24, 2.45) is 0 Å². The first-order valence-electron chi connectivity index (χ1n) is 5.22. The molecule has 2 rings (SSSR count). The Hall–Kier alpha value is -1.17. The zero-order chi connectivity index (χ0) is 13.3. The summed E-state index contributed by atoms with van der Waals surface area (Å²) in [6, 6.07) is 8.73. The molecule has 2 N–H and O–H groups in total. The molecule has 94 valence electrons. The number of hydrogen-bond acceptors (Lipinski definition) is 3. The van der Waals surface area contributed by atoms with Crippen molar-refractivity contribution >= 4 is 33.2 Å². The molecule has 0 aliphatic carbocycles. The van der Waals surface area contributed by atoms with Crippen LogP contribution in [0.25, 0.3) is 0 Å². The summed E-state index contributed by atoms with van der Waals surface area (Å²) in [5.41, 5.74) is -0.516. The fourth-order valence-corrected chi connectivity index (χ4v) is 3.15. The van der Waals surface area contributed by atoms with Crippen LogP contribution in [0, 0.1) is 0 Å². The summed E-state index contributed by atoms with van der Waals surface area (Å²) in [4.78, 5) is 11.6. The summed E-state index contributed by atoms with van der Waals surface area (Å²) in [5.74, 6) is -1.03. The summed E-state index contributed by atoms with van der Waals surface area (Å²) < 4.78 is 0.841. The molecule has 0 saturated carbocycles. The third-order valence-corrected chi connectivity index (χ3v) is 4.34. The second-order valence-corrected chi connectivity index (χ2v) is 5.88. The molecule has 2 aromatic rings. The standard InChI is InChI=1S/C13H11BrO3S/c1-13(17,8-3-2-4-9(14)7-8)11-10(12(15)16)5-6-18-11/h2-7,17H,1H3,(H,15,16). The Morgan fingerprint density at radius 3 is 2.72 bits per heavy atom. The van der Waals surface area contributed by atoms with Crippen molar-refractivity contribution in [2.45, 2.75) is 12.5 Å². The summed E-state index contributed by atoms with van der Waals surface area (Å²) >= 11 is 4.58. The van der Waals surface area contributed by atoms with Gasteiger partial charge in [-0.2, -0.15) is 0 Å². The van der Waals surface area contributed by atoms with Crippen LogP contribution in [-0.2, 0) is 5.60 Å². The molecule has 18 heavy (non-hydrogen) atoms. The Morgan fingerprint density at radius 1 is 1.39 bits per heavy atom. The molecule has 0 fully saturated rings. The lowest BCUT2D eigenvalue weighted by atomic mass is 9.92. The largest absolute Gasteiger partial charge is 0.478 e. The molecule has 0 aliphatic heterocycles. The maximum absolute atomic E-state index is 11.1. The molecule has 0 aliphatic rings. The summed E-state index contributed by atoms with van der Waals surface area (Å²) in [6.45, 7) is 1.60. The van der Waals surface area contributed by atoms with Gasteiger partial charge in [0.15, 0.2) is 0 Å². The molecule has 0 saturated heterocycles.